The van der Waals surface area contributed by atoms with Gasteiger partial charge in [0, 0.05) is 6.04 Å². The van der Waals surface area contributed by atoms with E-state index in [-0.39, 0.29) is 12.0 Å². The number of hydrogen-bond acceptors (Lipinski definition) is 3. The lowest BCUT2D eigenvalue weighted by atomic mass is 10.1. The van der Waals surface area contributed by atoms with Crippen LogP contribution in [0.5, 0.6) is 0 Å². The first-order valence-corrected chi connectivity index (χ1v) is 6.08. The van der Waals surface area contributed by atoms with Crippen molar-refractivity contribution >= 4 is 5.97 Å². The summed E-state index contributed by atoms with van der Waals surface area (Å²) in [7, 11) is 0. The van der Waals surface area contributed by atoms with E-state index in [1.54, 1.807) is 0 Å². The summed E-state index contributed by atoms with van der Waals surface area (Å²) in [4.78, 5) is 11.5. The molecule has 0 saturated heterocycles. The van der Waals surface area contributed by atoms with Crippen molar-refractivity contribution in [1.29, 1.82) is 0 Å². The van der Waals surface area contributed by atoms with E-state index in [0.29, 0.717) is 12.6 Å². The van der Waals surface area contributed by atoms with E-state index in [2.05, 4.69) is 19.2 Å². The van der Waals surface area contributed by atoms with E-state index in [9.17, 15) is 4.79 Å². The van der Waals surface area contributed by atoms with Crippen LogP contribution in [0.1, 0.15) is 53.4 Å². The zero-order valence-electron chi connectivity index (χ0n) is 10.5. The predicted molar refractivity (Wildman–Crippen MR) is 62.8 cm³/mol. The molecule has 0 aromatic heterocycles. The molecule has 0 rings (SSSR count). The fourth-order valence-corrected chi connectivity index (χ4v) is 1.50. The summed E-state index contributed by atoms with van der Waals surface area (Å²) in [5.74, 6) is -0.133. The highest BCUT2D eigenvalue weighted by Crippen LogP contribution is 2.03. The largest absolute Gasteiger partial charge is 0.465 e. The SMILES string of the molecule is CCCOC(=O)C(C)NC(CC)CCC. The van der Waals surface area contributed by atoms with Gasteiger partial charge >= 0.3 is 5.97 Å². The average Bonchev–Trinajstić information content (AvgIpc) is 2.24. The monoisotopic (exact) mass is 215 g/mol. The van der Waals surface area contributed by atoms with Crippen LogP contribution in [0.25, 0.3) is 0 Å². The van der Waals surface area contributed by atoms with Gasteiger partial charge in [-0.15, -0.1) is 0 Å². The lowest BCUT2D eigenvalue weighted by Gasteiger charge is -2.20. The van der Waals surface area contributed by atoms with Crippen molar-refractivity contribution in [3.05, 3.63) is 0 Å². The van der Waals surface area contributed by atoms with Gasteiger partial charge in [-0.05, 0) is 26.2 Å². The quantitative estimate of drug-likeness (QED) is 0.632. The Kier molecular flexibility index (Phi) is 8.38. The minimum absolute atomic E-state index is 0.133. The first-order valence-electron chi connectivity index (χ1n) is 6.08. The number of hydrogen-bond donors (Lipinski definition) is 1. The predicted octanol–water partition coefficient (Wildman–Crippen LogP) is 2.50. The lowest BCUT2D eigenvalue weighted by Crippen LogP contribution is -2.42. The first kappa shape index (κ1) is 14.4. The van der Waals surface area contributed by atoms with E-state index >= 15 is 0 Å². The zero-order chi connectivity index (χ0) is 11.7. The maximum Gasteiger partial charge on any atom is 0.322 e. The van der Waals surface area contributed by atoms with Crippen molar-refractivity contribution in [2.75, 3.05) is 6.61 Å². The van der Waals surface area contributed by atoms with Crippen molar-refractivity contribution in [2.24, 2.45) is 0 Å². The standard InChI is InChI=1S/C12H25NO2/c1-5-8-11(7-3)13-10(4)12(14)15-9-6-2/h10-11,13H,5-9H2,1-4H3. The van der Waals surface area contributed by atoms with Crippen LogP contribution in [-0.2, 0) is 9.53 Å². The minimum Gasteiger partial charge on any atom is -0.465 e. The normalized spacial score (nSPS) is 14.7. The van der Waals surface area contributed by atoms with Crippen LogP contribution in [-0.4, -0.2) is 24.7 Å². The Bertz CT molecular complexity index is 171. The zero-order valence-corrected chi connectivity index (χ0v) is 10.5. The number of esters is 1. The maximum atomic E-state index is 11.5. The van der Waals surface area contributed by atoms with E-state index in [1.807, 2.05) is 13.8 Å². The third-order valence-electron chi connectivity index (χ3n) is 2.42. The van der Waals surface area contributed by atoms with E-state index < -0.39 is 0 Å². The molecule has 15 heavy (non-hydrogen) atoms. The Labute approximate surface area is 93.6 Å². The molecule has 0 aromatic rings. The van der Waals surface area contributed by atoms with Gasteiger partial charge < -0.3 is 10.1 Å². The molecular formula is C12H25NO2. The number of ether oxygens (including phenoxy) is 1. The summed E-state index contributed by atoms with van der Waals surface area (Å²) in [6.45, 7) is 8.69. The Morgan fingerprint density at radius 2 is 1.93 bits per heavy atom. The van der Waals surface area contributed by atoms with Gasteiger partial charge in [0.1, 0.15) is 6.04 Å². The van der Waals surface area contributed by atoms with Crippen LogP contribution in [0.4, 0.5) is 0 Å². The number of rotatable bonds is 8. The fourth-order valence-electron chi connectivity index (χ4n) is 1.50. The molecule has 0 aliphatic rings. The van der Waals surface area contributed by atoms with Gasteiger partial charge in [0.15, 0.2) is 0 Å². The van der Waals surface area contributed by atoms with Gasteiger partial charge in [-0.25, -0.2) is 0 Å². The molecule has 1 N–H and O–H groups in total. The molecule has 0 bridgehead atoms. The van der Waals surface area contributed by atoms with Crippen LogP contribution >= 0.6 is 0 Å². The molecule has 0 amide bonds. The van der Waals surface area contributed by atoms with Crippen molar-refractivity contribution in [1.82, 2.24) is 5.32 Å². The molecule has 0 saturated carbocycles. The Morgan fingerprint density at radius 3 is 2.40 bits per heavy atom. The molecule has 3 nitrogen and oxygen atoms in total. The van der Waals surface area contributed by atoms with Gasteiger partial charge in [0.05, 0.1) is 6.61 Å². The average molecular weight is 215 g/mol. The molecule has 0 aliphatic carbocycles. The molecule has 2 atom stereocenters. The summed E-state index contributed by atoms with van der Waals surface area (Å²) in [6, 6.07) is 0.243. The summed E-state index contributed by atoms with van der Waals surface area (Å²) in [5.41, 5.74) is 0. The Morgan fingerprint density at radius 1 is 1.27 bits per heavy atom. The molecule has 0 radical (unpaired) electrons. The van der Waals surface area contributed by atoms with Gasteiger partial charge in [-0.2, -0.15) is 0 Å². The highest BCUT2D eigenvalue weighted by atomic mass is 16.5. The third-order valence-corrected chi connectivity index (χ3v) is 2.42. The van der Waals surface area contributed by atoms with Crippen molar-refractivity contribution in [3.63, 3.8) is 0 Å². The van der Waals surface area contributed by atoms with Crippen LogP contribution in [0, 0.1) is 0 Å². The van der Waals surface area contributed by atoms with Gasteiger partial charge in [-0.1, -0.05) is 27.2 Å². The summed E-state index contributed by atoms with van der Waals surface area (Å²) in [5, 5.41) is 3.30. The molecule has 0 heterocycles. The molecule has 3 heteroatoms. The third kappa shape index (κ3) is 6.50. The molecule has 0 spiro atoms. The molecular weight excluding hydrogens is 190 g/mol. The molecule has 2 unspecified atom stereocenters. The van der Waals surface area contributed by atoms with Crippen molar-refractivity contribution in [3.8, 4) is 0 Å². The Balaban J connectivity index is 3.86. The highest BCUT2D eigenvalue weighted by Gasteiger charge is 2.17. The van der Waals surface area contributed by atoms with Gasteiger partial charge in [0.25, 0.3) is 0 Å². The van der Waals surface area contributed by atoms with E-state index in [4.69, 9.17) is 4.74 Å². The van der Waals surface area contributed by atoms with Gasteiger partial charge in [0.2, 0.25) is 0 Å². The maximum absolute atomic E-state index is 11.5. The number of carbonyl (C=O) groups is 1. The topological polar surface area (TPSA) is 38.3 Å². The van der Waals surface area contributed by atoms with E-state index in [0.717, 1.165) is 25.7 Å². The van der Waals surface area contributed by atoms with Crippen LogP contribution in [0.2, 0.25) is 0 Å². The minimum atomic E-state index is -0.187. The summed E-state index contributed by atoms with van der Waals surface area (Å²) < 4.78 is 5.08. The first-order chi connectivity index (χ1) is 7.15. The van der Waals surface area contributed by atoms with Crippen molar-refractivity contribution in [2.45, 2.75) is 65.5 Å². The fraction of sp³-hybridized carbons (Fsp3) is 0.917. The number of nitrogens with one attached hydrogen (secondary N) is 1. The van der Waals surface area contributed by atoms with Crippen LogP contribution in [0.15, 0.2) is 0 Å². The number of carbonyl (C=O) groups excluding carboxylic acids is 1. The molecule has 0 aromatic carbocycles. The van der Waals surface area contributed by atoms with Gasteiger partial charge in [-0.3, -0.25) is 4.79 Å². The molecule has 0 aliphatic heterocycles. The highest BCUT2D eigenvalue weighted by molar-refractivity contribution is 5.75. The summed E-state index contributed by atoms with van der Waals surface area (Å²) in [6.07, 6.45) is 4.19. The summed E-state index contributed by atoms with van der Waals surface area (Å²) >= 11 is 0. The van der Waals surface area contributed by atoms with Crippen molar-refractivity contribution < 1.29 is 9.53 Å². The van der Waals surface area contributed by atoms with E-state index in [1.165, 1.54) is 0 Å². The molecule has 0 fully saturated rings. The van der Waals surface area contributed by atoms with Crippen LogP contribution < -0.4 is 5.32 Å². The Hall–Kier alpha value is -0.570. The lowest BCUT2D eigenvalue weighted by molar-refractivity contribution is -0.145. The second-order valence-corrected chi connectivity index (χ2v) is 3.95. The second kappa shape index (κ2) is 8.72. The smallest absolute Gasteiger partial charge is 0.322 e. The second-order valence-electron chi connectivity index (χ2n) is 3.95. The van der Waals surface area contributed by atoms with Crippen LogP contribution in [0.3, 0.4) is 0 Å². The molecule has 90 valence electrons.